The van der Waals surface area contributed by atoms with Crippen LogP contribution in [0.25, 0.3) is 0 Å². The third kappa shape index (κ3) is 1.98. The van der Waals surface area contributed by atoms with Crippen LogP contribution < -0.4 is 0 Å². The van der Waals surface area contributed by atoms with E-state index in [2.05, 4.69) is 21.6 Å². The van der Waals surface area contributed by atoms with Gasteiger partial charge in [-0.1, -0.05) is 0 Å². The average molecular weight is 218 g/mol. The van der Waals surface area contributed by atoms with Gasteiger partial charge in [0.1, 0.15) is 0 Å². The summed E-state index contributed by atoms with van der Waals surface area (Å²) in [7, 11) is 0. The highest BCUT2D eigenvalue weighted by Crippen LogP contribution is 2.31. The first-order valence-electron chi connectivity index (χ1n) is 2.68. The molecule has 1 rings (SSSR count). The lowest BCUT2D eigenvalue weighted by atomic mass is 10.3. The van der Waals surface area contributed by atoms with E-state index < -0.39 is 16.9 Å². The van der Waals surface area contributed by atoms with Crippen LogP contribution in [0.5, 0.6) is 0 Å². The summed E-state index contributed by atoms with van der Waals surface area (Å²) in [6.07, 6.45) is -3.95. The van der Waals surface area contributed by atoms with Gasteiger partial charge in [0.25, 0.3) is 0 Å². The smallest absolute Gasteiger partial charge is 0.226 e. The molecular weight excluding hydrogens is 216 g/mol. The van der Waals surface area contributed by atoms with Crippen molar-refractivity contribution in [3.63, 3.8) is 0 Å². The lowest BCUT2D eigenvalue weighted by molar-refractivity contribution is -0.304. The van der Waals surface area contributed by atoms with Gasteiger partial charge in [-0.05, 0) is 11.6 Å². The quantitative estimate of drug-likeness (QED) is 0.490. The van der Waals surface area contributed by atoms with Crippen molar-refractivity contribution in [3.8, 4) is 0 Å². The van der Waals surface area contributed by atoms with E-state index >= 15 is 0 Å². The van der Waals surface area contributed by atoms with Crippen molar-refractivity contribution in [2.45, 2.75) is 6.18 Å². The fraction of sp³-hybridized carbons (Fsp3) is 0.200. The van der Waals surface area contributed by atoms with Gasteiger partial charge < -0.3 is 0 Å². The van der Waals surface area contributed by atoms with E-state index in [4.69, 9.17) is 11.6 Å². The third-order valence-electron chi connectivity index (χ3n) is 1.03. The van der Waals surface area contributed by atoms with Gasteiger partial charge in [-0.25, -0.2) is 4.98 Å². The lowest BCUT2D eigenvalue weighted by Gasteiger charge is -2.02. The van der Waals surface area contributed by atoms with Crippen LogP contribution in [-0.4, -0.2) is 9.97 Å². The largest absolute Gasteiger partial charge is 0.425 e. The standard InChI is InChI=1S/C5H2Cl2F3N2/c6-3-2(5(8,9)10)1-11-4(7)12-3/h1,6H/q+1. The van der Waals surface area contributed by atoms with E-state index in [1.54, 1.807) is 0 Å². The zero-order chi connectivity index (χ0) is 9.35. The predicted molar refractivity (Wildman–Crippen MR) is 32.6 cm³/mol. The number of rotatable bonds is 0. The molecule has 0 aromatic carbocycles. The molecule has 0 saturated carbocycles. The normalized spacial score (nSPS) is 11.8. The summed E-state index contributed by atoms with van der Waals surface area (Å²) in [5.74, 6) is 0. The molecule has 0 N–H and O–H groups in total. The van der Waals surface area contributed by atoms with Gasteiger partial charge >= 0.3 is 11.3 Å². The first-order chi connectivity index (χ1) is 5.41. The molecule has 0 aliphatic carbocycles. The zero-order valence-electron chi connectivity index (χ0n) is 5.39. The Bertz CT molecular complexity index is 299. The van der Waals surface area contributed by atoms with Crippen LogP contribution >= 0.6 is 11.6 Å². The fourth-order valence-corrected chi connectivity index (χ4v) is 0.979. The first-order valence-corrected chi connectivity index (χ1v) is 3.46. The molecule has 0 fully saturated rings. The molecular formula is C5H2Cl2F3N2+. The SMILES string of the molecule is FC(F)(F)c1cnc(Cl)nc1[ClH+]. The third-order valence-corrected chi connectivity index (χ3v) is 1.52. The van der Waals surface area contributed by atoms with Crippen LogP contribution in [0.1, 0.15) is 5.56 Å². The summed E-state index contributed by atoms with van der Waals surface area (Å²) < 4.78 is 36.0. The van der Waals surface area contributed by atoms with E-state index in [0.717, 1.165) is 0 Å². The van der Waals surface area contributed by atoms with Gasteiger partial charge in [0, 0.05) is 0 Å². The van der Waals surface area contributed by atoms with Crippen LogP contribution in [0.2, 0.25) is 10.4 Å². The maximum Gasteiger partial charge on any atom is 0.425 e. The predicted octanol–water partition coefficient (Wildman–Crippen LogP) is 1.85. The monoisotopic (exact) mass is 217 g/mol. The number of alkyl halides is 3. The second-order valence-electron chi connectivity index (χ2n) is 1.86. The Hall–Kier alpha value is -0.550. The summed E-state index contributed by atoms with van der Waals surface area (Å²) in [6, 6.07) is 0. The minimum absolute atomic E-state index is 0.284. The molecule has 0 unspecified atom stereocenters. The zero-order valence-corrected chi connectivity index (χ0v) is 6.96. The van der Waals surface area contributed by atoms with Crippen molar-refractivity contribution < 1.29 is 24.8 Å². The van der Waals surface area contributed by atoms with E-state index in [0.29, 0.717) is 6.20 Å². The molecule has 0 aliphatic heterocycles. The maximum absolute atomic E-state index is 12.0. The van der Waals surface area contributed by atoms with Gasteiger partial charge in [-0.2, -0.15) is 18.2 Å². The van der Waals surface area contributed by atoms with Gasteiger partial charge in [0.2, 0.25) is 5.28 Å². The molecule has 1 aromatic heterocycles. The maximum atomic E-state index is 12.0. The van der Waals surface area contributed by atoms with Crippen LogP contribution in [0.15, 0.2) is 6.20 Å². The van der Waals surface area contributed by atoms with Crippen molar-refractivity contribution in [1.82, 2.24) is 9.97 Å². The highest BCUT2D eigenvalue weighted by atomic mass is 35.5. The molecule has 2 nitrogen and oxygen atoms in total. The van der Waals surface area contributed by atoms with E-state index in [1.165, 1.54) is 0 Å². The topological polar surface area (TPSA) is 25.8 Å². The van der Waals surface area contributed by atoms with Gasteiger partial charge in [-0.3, -0.25) is 0 Å². The minimum atomic E-state index is -4.51. The Morgan fingerprint density at radius 2 is 2.00 bits per heavy atom. The number of nitrogens with zero attached hydrogens (tertiary/aromatic N) is 2. The van der Waals surface area contributed by atoms with Gasteiger partial charge in [0.05, 0.1) is 6.20 Å². The molecule has 0 saturated heterocycles. The Labute approximate surface area is 75.3 Å². The lowest BCUT2D eigenvalue weighted by Crippen LogP contribution is -2.08. The van der Waals surface area contributed by atoms with Crippen LogP contribution in [0.3, 0.4) is 0 Å². The number of hydrogen-bond acceptors (Lipinski definition) is 2. The molecule has 1 heterocycles. The highest BCUT2D eigenvalue weighted by Gasteiger charge is 2.37. The second-order valence-corrected chi connectivity index (χ2v) is 2.58. The van der Waals surface area contributed by atoms with Crippen molar-refractivity contribution in [2.24, 2.45) is 0 Å². The van der Waals surface area contributed by atoms with Crippen molar-refractivity contribution in [2.75, 3.05) is 0 Å². The van der Waals surface area contributed by atoms with Crippen molar-refractivity contribution in [3.05, 3.63) is 22.2 Å². The molecule has 12 heavy (non-hydrogen) atoms. The molecule has 1 aromatic rings. The molecule has 0 radical (unpaired) electrons. The summed E-state index contributed by atoms with van der Waals surface area (Å²) in [6.45, 7) is 0. The molecule has 0 bridgehead atoms. The molecule has 66 valence electrons. The summed E-state index contributed by atoms with van der Waals surface area (Å²) >= 11 is 9.54. The van der Waals surface area contributed by atoms with E-state index in [1.807, 2.05) is 0 Å². The summed E-state index contributed by atoms with van der Waals surface area (Å²) in [5.41, 5.74) is -1.04. The molecule has 7 heteroatoms. The van der Waals surface area contributed by atoms with Crippen LogP contribution in [-0.2, 0) is 6.18 Å². The molecule has 0 aliphatic rings. The second kappa shape index (κ2) is 3.06. The van der Waals surface area contributed by atoms with Crippen molar-refractivity contribution in [1.29, 1.82) is 0 Å². The Kier molecular flexibility index (Phi) is 2.44. The Morgan fingerprint density at radius 3 is 2.42 bits per heavy atom. The molecule has 0 spiro atoms. The first kappa shape index (κ1) is 9.54. The van der Waals surface area contributed by atoms with Gasteiger partial charge in [-0.15, -0.1) is 0 Å². The molecule has 0 amide bonds. The van der Waals surface area contributed by atoms with Crippen LogP contribution in [0, 0.1) is 11.6 Å². The minimum Gasteiger partial charge on any atom is -0.226 e. The number of hydrogen-bond donors (Lipinski definition) is 0. The van der Waals surface area contributed by atoms with Crippen molar-refractivity contribution >= 4 is 11.6 Å². The van der Waals surface area contributed by atoms with E-state index in [9.17, 15) is 13.2 Å². The Morgan fingerprint density at radius 1 is 1.42 bits per heavy atom. The fourth-order valence-electron chi connectivity index (χ4n) is 0.540. The number of halogens is 5. The van der Waals surface area contributed by atoms with E-state index in [-0.39, 0.29) is 5.28 Å². The van der Waals surface area contributed by atoms with Crippen LogP contribution in [0.4, 0.5) is 13.2 Å². The Balaban J connectivity index is 3.19. The summed E-state index contributed by atoms with van der Waals surface area (Å²) in [5, 5.41) is -0.865. The molecule has 0 atom stereocenters. The van der Waals surface area contributed by atoms with Gasteiger partial charge in [0.15, 0.2) is 17.2 Å². The summed E-state index contributed by atoms with van der Waals surface area (Å²) in [4.78, 5) is 6.36. The number of aromatic nitrogens is 2. The highest BCUT2D eigenvalue weighted by molar-refractivity contribution is 6.28. The average Bonchev–Trinajstić information content (AvgIpc) is 1.83.